The molecular weight excluding hydrogens is 382 g/mol. The minimum Gasteiger partial charge on any atom is -0.298 e. The fourth-order valence-electron chi connectivity index (χ4n) is 2.68. The summed E-state index contributed by atoms with van der Waals surface area (Å²) in [6, 6.07) is 9.01. The number of anilines is 1. The number of hydrogen-bond acceptors (Lipinski definition) is 5. The summed E-state index contributed by atoms with van der Waals surface area (Å²) in [5.41, 5.74) is 3.60. The van der Waals surface area contributed by atoms with E-state index in [0.717, 1.165) is 25.6 Å². The summed E-state index contributed by atoms with van der Waals surface area (Å²) in [5.74, 6) is -0.385. The Morgan fingerprint density at radius 2 is 1.81 bits per heavy atom. The first-order valence-electron chi connectivity index (χ1n) is 8.32. The average molecular weight is 404 g/mol. The molecule has 0 aliphatic heterocycles. The van der Waals surface area contributed by atoms with Gasteiger partial charge < -0.3 is 0 Å². The summed E-state index contributed by atoms with van der Waals surface area (Å²) >= 11 is 1.39. The second-order valence-corrected chi connectivity index (χ2v) is 9.80. The Balaban J connectivity index is 1.97. The predicted octanol–water partition coefficient (Wildman–Crippen LogP) is 3.72. The lowest BCUT2D eigenvalue weighted by Gasteiger charge is -2.16. The number of aryl methyl sites for hydroxylation is 2. The third-order valence-corrected chi connectivity index (χ3v) is 7.28. The Kier molecular flexibility index (Phi) is 5.07. The van der Waals surface area contributed by atoms with E-state index < -0.39 is 10.0 Å². The van der Waals surface area contributed by atoms with Crippen LogP contribution in [0.1, 0.15) is 27.0 Å². The van der Waals surface area contributed by atoms with E-state index in [4.69, 9.17) is 0 Å². The summed E-state index contributed by atoms with van der Waals surface area (Å²) in [6.45, 7) is 5.53. The highest BCUT2D eigenvalue weighted by atomic mass is 32.2. The molecule has 0 bridgehead atoms. The molecule has 0 unspecified atom stereocenters. The van der Waals surface area contributed by atoms with Gasteiger partial charge in [-0.15, -0.1) is 0 Å². The number of benzene rings is 2. The Labute approximate surface area is 162 Å². The Morgan fingerprint density at radius 1 is 1.11 bits per heavy atom. The molecule has 0 aliphatic rings. The molecule has 0 spiro atoms. The number of hydrogen-bond donors (Lipinski definition) is 1. The highest BCUT2D eigenvalue weighted by Gasteiger charge is 2.23. The van der Waals surface area contributed by atoms with Gasteiger partial charge in [0.15, 0.2) is 5.13 Å². The van der Waals surface area contributed by atoms with E-state index in [1.54, 1.807) is 19.9 Å². The summed E-state index contributed by atoms with van der Waals surface area (Å²) in [5, 5.41) is 3.26. The molecule has 142 valence electrons. The molecule has 6 nitrogen and oxygen atoms in total. The number of fused-ring (bicyclic) bond motifs is 1. The fourth-order valence-corrected chi connectivity index (χ4v) is 4.85. The second-order valence-electron chi connectivity index (χ2n) is 6.65. The number of sulfonamides is 1. The van der Waals surface area contributed by atoms with Gasteiger partial charge in [-0.05, 0) is 61.7 Å². The summed E-state index contributed by atoms with van der Waals surface area (Å²) < 4.78 is 27.3. The zero-order chi connectivity index (χ0) is 19.9. The number of carbonyl (C=O) groups is 1. The van der Waals surface area contributed by atoms with Crippen molar-refractivity contribution < 1.29 is 13.2 Å². The van der Waals surface area contributed by atoms with E-state index in [9.17, 15) is 13.2 Å². The first kappa shape index (κ1) is 19.5. The molecule has 0 radical (unpaired) electrons. The number of nitrogens with zero attached hydrogens (tertiary/aromatic N) is 2. The van der Waals surface area contributed by atoms with Crippen molar-refractivity contribution in [2.75, 3.05) is 19.4 Å². The van der Waals surface area contributed by atoms with Crippen LogP contribution in [0, 0.1) is 20.8 Å². The summed E-state index contributed by atoms with van der Waals surface area (Å²) in [7, 11) is -0.700. The van der Waals surface area contributed by atoms with Crippen molar-refractivity contribution in [1.82, 2.24) is 9.29 Å². The van der Waals surface area contributed by atoms with Crippen LogP contribution in [0.4, 0.5) is 5.13 Å². The van der Waals surface area contributed by atoms with Crippen molar-refractivity contribution in [3.63, 3.8) is 0 Å². The standard InChI is InChI=1S/C19H21N3O3S2/c1-11-6-7-15-16(8-11)26-19(20-15)21-18(23)14-9-12(2)13(3)17(10-14)27(24,25)22(4)5/h6-10H,1-5H3,(H,20,21,23). The van der Waals surface area contributed by atoms with E-state index >= 15 is 0 Å². The smallest absolute Gasteiger partial charge is 0.257 e. The monoisotopic (exact) mass is 403 g/mol. The molecule has 27 heavy (non-hydrogen) atoms. The minimum atomic E-state index is -3.64. The van der Waals surface area contributed by atoms with E-state index in [2.05, 4.69) is 10.3 Å². The van der Waals surface area contributed by atoms with Crippen LogP contribution in [0.25, 0.3) is 10.2 Å². The molecule has 1 aromatic heterocycles. The zero-order valence-corrected chi connectivity index (χ0v) is 17.5. The normalized spacial score (nSPS) is 11.9. The molecule has 1 N–H and O–H groups in total. The number of aromatic nitrogens is 1. The fraction of sp³-hybridized carbons (Fsp3) is 0.263. The topological polar surface area (TPSA) is 79.4 Å². The van der Waals surface area contributed by atoms with Gasteiger partial charge in [0.1, 0.15) is 0 Å². The summed E-state index contributed by atoms with van der Waals surface area (Å²) in [4.78, 5) is 17.3. The lowest BCUT2D eigenvalue weighted by atomic mass is 10.1. The average Bonchev–Trinajstić information content (AvgIpc) is 2.97. The van der Waals surface area contributed by atoms with Crippen LogP contribution in [0.5, 0.6) is 0 Å². The van der Waals surface area contributed by atoms with Crippen molar-refractivity contribution >= 4 is 42.6 Å². The van der Waals surface area contributed by atoms with Crippen LogP contribution in [0.15, 0.2) is 35.2 Å². The number of nitrogens with one attached hydrogen (secondary N) is 1. The van der Waals surface area contributed by atoms with Gasteiger partial charge in [-0.25, -0.2) is 17.7 Å². The minimum absolute atomic E-state index is 0.137. The van der Waals surface area contributed by atoms with Crippen LogP contribution in [-0.4, -0.2) is 37.7 Å². The molecule has 0 atom stereocenters. The van der Waals surface area contributed by atoms with Crippen LogP contribution in [-0.2, 0) is 10.0 Å². The maximum atomic E-state index is 12.7. The summed E-state index contributed by atoms with van der Waals surface area (Å²) in [6.07, 6.45) is 0. The van der Waals surface area contributed by atoms with Gasteiger partial charge in [-0.1, -0.05) is 17.4 Å². The molecule has 0 saturated heterocycles. The van der Waals surface area contributed by atoms with Gasteiger partial charge in [0.2, 0.25) is 10.0 Å². The van der Waals surface area contributed by atoms with E-state index in [0.29, 0.717) is 10.7 Å². The highest BCUT2D eigenvalue weighted by Crippen LogP contribution is 2.28. The molecule has 2 aromatic carbocycles. The number of rotatable bonds is 4. The molecular formula is C19H21N3O3S2. The third-order valence-electron chi connectivity index (χ3n) is 4.40. The van der Waals surface area contributed by atoms with E-state index in [1.807, 2.05) is 25.1 Å². The second kappa shape index (κ2) is 7.03. The Bertz CT molecular complexity index is 1150. The van der Waals surface area contributed by atoms with Crippen molar-refractivity contribution in [2.45, 2.75) is 25.7 Å². The molecule has 0 fully saturated rings. The first-order valence-corrected chi connectivity index (χ1v) is 10.6. The lowest BCUT2D eigenvalue weighted by Crippen LogP contribution is -2.24. The molecule has 8 heteroatoms. The number of thiazole rings is 1. The van der Waals surface area contributed by atoms with Gasteiger partial charge in [-0.2, -0.15) is 0 Å². The maximum Gasteiger partial charge on any atom is 0.257 e. The molecule has 0 saturated carbocycles. The SMILES string of the molecule is Cc1ccc2nc(NC(=O)c3cc(C)c(C)c(S(=O)(=O)N(C)C)c3)sc2c1. The van der Waals surface area contributed by atoms with Crippen LogP contribution >= 0.6 is 11.3 Å². The van der Waals surface area contributed by atoms with Crippen LogP contribution in [0.2, 0.25) is 0 Å². The largest absolute Gasteiger partial charge is 0.298 e. The molecule has 3 rings (SSSR count). The molecule has 0 aliphatic carbocycles. The van der Waals surface area contributed by atoms with Crippen LogP contribution in [0.3, 0.4) is 0 Å². The predicted molar refractivity (Wildman–Crippen MR) is 109 cm³/mol. The van der Waals surface area contributed by atoms with Gasteiger partial charge >= 0.3 is 0 Å². The maximum absolute atomic E-state index is 12.7. The zero-order valence-electron chi connectivity index (χ0n) is 15.8. The lowest BCUT2D eigenvalue weighted by molar-refractivity contribution is 0.102. The van der Waals surface area contributed by atoms with Gasteiger partial charge in [-0.3, -0.25) is 10.1 Å². The number of amides is 1. The molecule has 1 amide bonds. The van der Waals surface area contributed by atoms with E-state index in [1.165, 1.54) is 31.5 Å². The quantitative estimate of drug-likeness (QED) is 0.720. The Morgan fingerprint density at radius 3 is 2.48 bits per heavy atom. The van der Waals surface area contributed by atoms with Gasteiger partial charge in [0.25, 0.3) is 5.91 Å². The first-order chi connectivity index (χ1) is 12.6. The van der Waals surface area contributed by atoms with Gasteiger partial charge in [0, 0.05) is 19.7 Å². The van der Waals surface area contributed by atoms with E-state index in [-0.39, 0.29) is 16.4 Å². The Hall–Kier alpha value is -2.29. The van der Waals surface area contributed by atoms with Crippen LogP contribution < -0.4 is 5.32 Å². The van der Waals surface area contributed by atoms with Gasteiger partial charge in [0.05, 0.1) is 15.1 Å². The highest BCUT2D eigenvalue weighted by molar-refractivity contribution is 7.89. The van der Waals surface area contributed by atoms with Crippen molar-refractivity contribution in [2.24, 2.45) is 0 Å². The number of carbonyl (C=O) groups excluding carboxylic acids is 1. The van der Waals surface area contributed by atoms with Crippen molar-refractivity contribution in [1.29, 1.82) is 0 Å². The van der Waals surface area contributed by atoms with Crippen molar-refractivity contribution in [3.8, 4) is 0 Å². The molecule has 3 aromatic rings. The van der Waals surface area contributed by atoms with Crippen molar-refractivity contribution in [3.05, 3.63) is 52.6 Å². The molecule has 1 heterocycles. The third kappa shape index (κ3) is 3.73.